The maximum absolute atomic E-state index is 11.7. The van der Waals surface area contributed by atoms with Gasteiger partial charge in [-0.05, 0) is 20.9 Å². The lowest BCUT2D eigenvalue weighted by atomic mass is 10.2. The van der Waals surface area contributed by atoms with Crippen LogP contribution in [0.2, 0.25) is 0 Å². The molecule has 10 heteroatoms. The van der Waals surface area contributed by atoms with Gasteiger partial charge in [0.05, 0.1) is 27.8 Å². The van der Waals surface area contributed by atoms with Gasteiger partial charge >= 0.3 is 11.9 Å². The van der Waals surface area contributed by atoms with Gasteiger partial charge in [0, 0.05) is 12.6 Å². The zero-order valence-electron chi connectivity index (χ0n) is 15.6. The SMILES string of the molecule is CNC(CC(=O)NCC(C)NC(C)C(=O)OC)C(=O)OC.COC=O. The van der Waals surface area contributed by atoms with Gasteiger partial charge in [0.1, 0.15) is 12.1 Å². The van der Waals surface area contributed by atoms with Crippen molar-refractivity contribution in [3.05, 3.63) is 0 Å². The van der Waals surface area contributed by atoms with Crippen LogP contribution in [0.1, 0.15) is 20.3 Å². The molecule has 0 spiro atoms. The molecule has 0 aromatic heterocycles. The van der Waals surface area contributed by atoms with Gasteiger partial charge in [-0.2, -0.15) is 0 Å². The fourth-order valence-electron chi connectivity index (χ4n) is 1.70. The second kappa shape index (κ2) is 15.3. The van der Waals surface area contributed by atoms with Gasteiger partial charge in [-0.25, -0.2) is 0 Å². The van der Waals surface area contributed by atoms with Crippen molar-refractivity contribution in [1.82, 2.24) is 16.0 Å². The van der Waals surface area contributed by atoms with E-state index in [4.69, 9.17) is 4.79 Å². The molecule has 1 amide bonds. The molecule has 0 bridgehead atoms. The maximum atomic E-state index is 11.7. The lowest BCUT2D eigenvalue weighted by Gasteiger charge is -2.19. The van der Waals surface area contributed by atoms with Crippen LogP contribution in [-0.2, 0) is 33.4 Å². The van der Waals surface area contributed by atoms with Crippen LogP contribution in [0.3, 0.4) is 0 Å². The molecule has 25 heavy (non-hydrogen) atoms. The minimum Gasteiger partial charge on any atom is -0.471 e. The zero-order valence-corrected chi connectivity index (χ0v) is 15.6. The van der Waals surface area contributed by atoms with E-state index in [9.17, 15) is 14.4 Å². The van der Waals surface area contributed by atoms with E-state index < -0.39 is 18.1 Å². The van der Waals surface area contributed by atoms with Gasteiger partial charge in [-0.1, -0.05) is 0 Å². The lowest BCUT2D eigenvalue weighted by molar-refractivity contribution is -0.145. The van der Waals surface area contributed by atoms with E-state index in [1.165, 1.54) is 21.3 Å². The Morgan fingerprint density at radius 3 is 1.96 bits per heavy atom. The van der Waals surface area contributed by atoms with Crippen LogP contribution in [-0.4, -0.2) is 77.4 Å². The second-order valence-corrected chi connectivity index (χ2v) is 5.02. The van der Waals surface area contributed by atoms with Crippen molar-refractivity contribution in [2.45, 2.75) is 38.4 Å². The Hall–Kier alpha value is -2.20. The first kappa shape index (κ1) is 25.0. The zero-order chi connectivity index (χ0) is 19.8. The van der Waals surface area contributed by atoms with Crippen molar-refractivity contribution < 1.29 is 33.4 Å². The van der Waals surface area contributed by atoms with Gasteiger partial charge in [0.25, 0.3) is 6.47 Å². The molecule has 0 saturated carbocycles. The third-order valence-electron chi connectivity index (χ3n) is 3.01. The minimum atomic E-state index is -0.674. The highest BCUT2D eigenvalue weighted by atomic mass is 16.5. The van der Waals surface area contributed by atoms with E-state index in [0.717, 1.165) is 0 Å². The first-order valence-electron chi connectivity index (χ1n) is 7.59. The molecule has 0 saturated heterocycles. The van der Waals surface area contributed by atoms with Crippen LogP contribution in [0.25, 0.3) is 0 Å². The number of hydrogen-bond donors (Lipinski definition) is 3. The highest BCUT2D eigenvalue weighted by Gasteiger charge is 2.21. The van der Waals surface area contributed by atoms with Crippen molar-refractivity contribution >= 4 is 24.3 Å². The molecule has 0 rings (SSSR count). The predicted molar refractivity (Wildman–Crippen MR) is 89.6 cm³/mol. The molecular formula is C15H29N3O7. The van der Waals surface area contributed by atoms with Crippen molar-refractivity contribution in [3.63, 3.8) is 0 Å². The fourth-order valence-corrected chi connectivity index (χ4v) is 1.70. The van der Waals surface area contributed by atoms with Gasteiger partial charge in [0.15, 0.2) is 0 Å². The Labute approximate surface area is 147 Å². The Kier molecular flexibility index (Phi) is 15.4. The first-order valence-corrected chi connectivity index (χ1v) is 7.59. The highest BCUT2D eigenvalue weighted by molar-refractivity contribution is 5.85. The van der Waals surface area contributed by atoms with Crippen molar-refractivity contribution in [2.24, 2.45) is 0 Å². The van der Waals surface area contributed by atoms with Gasteiger partial charge < -0.3 is 30.2 Å². The van der Waals surface area contributed by atoms with E-state index in [1.54, 1.807) is 14.0 Å². The molecule has 146 valence electrons. The van der Waals surface area contributed by atoms with Crippen molar-refractivity contribution in [3.8, 4) is 0 Å². The molecule has 0 aliphatic heterocycles. The molecule has 0 heterocycles. The summed E-state index contributed by atoms with van der Waals surface area (Å²) in [5, 5.41) is 8.39. The van der Waals surface area contributed by atoms with Crippen LogP contribution in [0.4, 0.5) is 0 Å². The first-order chi connectivity index (χ1) is 11.8. The number of carbonyl (C=O) groups is 4. The number of esters is 2. The number of methoxy groups -OCH3 is 3. The topological polar surface area (TPSA) is 132 Å². The summed E-state index contributed by atoms with van der Waals surface area (Å²) in [6.07, 6.45) is -0.0115. The summed E-state index contributed by atoms with van der Waals surface area (Å²) in [5.41, 5.74) is 0. The average Bonchev–Trinajstić information content (AvgIpc) is 2.62. The van der Waals surface area contributed by atoms with Crippen LogP contribution in [0.5, 0.6) is 0 Å². The lowest BCUT2D eigenvalue weighted by Crippen LogP contribution is -2.47. The molecule has 0 fully saturated rings. The molecule has 0 aromatic rings. The Morgan fingerprint density at radius 1 is 1.04 bits per heavy atom. The molecule has 3 N–H and O–H groups in total. The number of amides is 1. The van der Waals surface area contributed by atoms with Gasteiger partial charge in [-0.15, -0.1) is 0 Å². The summed E-state index contributed by atoms with van der Waals surface area (Å²) >= 11 is 0. The molecule has 3 atom stereocenters. The number of rotatable bonds is 10. The molecular weight excluding hydrogens is 334 g/mol. The number of likely N-dealkylation sites (N-methyl/N-ethyl adjacent to an activating group) is 1. The Morgan fingerprint density at radius 2 is 1.56 bits per heavy atom. The van der Waals surface area contributed by atoms with Crippen LogP contribution in [0.15, 0.2) is 0 Å². The Balaban J connectivity index is 0. The largest absolute Gasteiger partial charge is 0.471 e. The maximum Gasteiger partial charge on any atom is 0.323 e. The molecule has 0 aliphatic carbocycles. The quantitative estimate of drug-likeness (QED) is 0.243. The summed E-state index contributed by atoms with van der Waals surface area (Å²) in [4.78, 5) is 43.3. The molecule has 0 aliphatic rings. The third kappa shape index (κ3) is 12.8. The normalized spacial score (nSPS) is 13.2. The van der Waals surface area contributed by atoms with Crippen LogP contribution < -0.4 is 16.0 Å². The molecule has 10 nitrogen and oxygen atoms in total. The summed E-state index contributed by atoms with van der Waals surface area (Å²) in [6.45, 7) is 4.21. The second-order valence-electron chi connectivity index (χ2n) is 5.02. The third-order valence-corrected chi connectivity index (χ3v) is 3.01. The van der Waals surface area contributed by atoms with Crippen molar-refractivity contribution in [2.75, 3.05) is 34.9 Å². The van der Waals surface area contributed by atoms with E-state index in [1.807, 2.05) is 6.92 Å². The highest BCUT2D eigenvalue weighted by Crippen LogP contribution is 1.95. The van der Waals surface area contributed by atoms with E-state index in [-0.39, 0.29) is 24.3 Å². The van der Waals surface area contributed by atoms with Gasteiger partial charge in [0.2, 0.25) is 5.91 Å². The minimum absolute atomic E-state index is 0.0115. The average molecular weight is 363 g/mol. The molecule has 3 unspecified atom stereocenters. The summed E-state index contributed by atoms with van der Waals surface area (Å²) in [5.74, 6) is -1.13. The monoisotopic (exact) mass is 363 g/mol. The molecule has 0 radical (unpaired) electrons. The van der Waals surface area contributed by atoms with E-state index in [2.05, 4.69) is 30.2 Å². The Bertz CT molecular complexity index is 418. The fraction of sp³-hybridized carbons (Fsp3) is 0.733. The summed E-state index contributed by atoms with van der Waals surface area (Å²) in [7, 11) is 5.48. The number of ether oxygens (including phenoxy) is 3. The molecule has 0 aromatic carbocycles. The smallest absolute Gasteiger partial charge is 0.323 e. The summed E-state index contributed by atoms with van der Waals surface area (Å²) < 4.78 is 13.0. The summed E-state index contributed by atoms with van der Waals surface area (Å²) in [6, 6.07) is -1.25. The predicted octanol–water partition coefficient (Wildman–Crippen LogP) is -1.42. The van der Waals surface area contributed by atoms with Crippen molar-refractivity contribution in [1.29, 1.82) is 0 Å². The van der Waals surface area contributed by atoms with E-state index >= 15 is 0 Å². The standard InChI is InChI=1S/C13H25N3O5.C2H4O2/c1-8(16-9(2)12(18)20-4)7-15-11(17)6-10(14-3)13(19)21-5;1-4-2-3/h8-10,14,16H,6-7H2,1-5H3,(H,15,17);2H,1H3. The van der Waals surface area contributed by atoms with Crippen LogP contribution in [0, 0.1) is 0 Å². The van der Waals surface area contributed by atoms with Gasteiger partial charge in [-0.3, -0.25) is 19.2 Å². The van der Waals surface area contributed by atoms with Crippen LogP contribution >= 0.6 is 0 Å². The number of hydrogen-bond acceptors (Lipinski definition) is 9. The van der Waals surface area contributed by atoms with E-state index in [0.29, 0.717) is 13.0 Å². The number of nitrogens with one attached hydrogen (secondary N) is 3. The number of carbonyl (C=O) groups excluding carboxylic acids is 4.